The van der Waals surface area contributed by atoms with Crippen molar-refractivity contribution in [3.05, 3.63) is 33.9 Å². The van der Waals surface area contributed by atoms with E-state index in [1.165, 1.54) is 6.07 Å². The van der Waals surface area contributed by atoms with Gasteiger partial charge in [0.25, 0.3) is 5.69 Å². The van der Waals surface area contributed by atoms with Crippen molar-refractivity contribution in [3.63, 3.8) is 0 Å². The quantitative estimate of drug-likeness (QED) is 0.670. The maximum atomic E-state index is 11.2. The Balaban J connectivity index is 2.29. The van der Waals surface area contributed by atoms with E-state index < -0.39 is 0 Å². The highest BCUT2D eigenvalue weighted by Gasteiger charge is 2.26. The number of piperidine rings is 1. The molecule has 1 unspecified atom stereocenters. The fraction of sp³-hybridized carbons (Fsp3) is 0.571. The Labute approximate surface area is 118 Å². The second-order valence-electron chi connectivity index (χ2n) is 5.44. The molecule has 0 saturated carbocycles. The molecular weight excluding hydrogens is 258 g/mol. The number of likely N-dealkylation sites (N-methyl/N-ethyl adjacent to an activating group) is 1. The maximum Gasteiger partial charge on any atom is 0.292 e. The molecular formula is C14H21N3O3. The number of nitrogens with zero attached hydrogens (tertiary/aromatic N) is 3. The minimum Gasteiger partial charge on any atom is -0.392 e. The van der Waals surface area contributed by atoms with Crippen molar-refractivity contribution >= 4 is 11.4 Å². The van der Waals surface area contributed by atoms with Gasteiger partial charge in [0.2, 0.25) is 0 Å². The summed E-state index contributed by atoms with van der Waals surface area (Å²) in [6.07, 6.45) is 2.15. The number of aliphatic hydroxyl groups is 1. The molecule has 0 aromatic heterocycles. The normalized spacial score (nSPS) is 19.4. The van der Waals surface area contributed by atoms with E-state index in [1.54, 1.807) is 12.1 Å². The number of rotatable bonds is 4. The molecule has 1 N–H and O–H groups in total. The highest BCUT2D eigenvalue weighted by atomic mass is 16.6. The van der Waals surface area contributed by atoms with E-state index in [2.05, 4.69) is 9.80 Å². The van der Waals surface area contributed by atoms with Crippen LogP contribution in [0.4, 0.5) is 11.4 Å². The zero-order valence-corrected chi connectivity index (χ0v) is 12.0. The van der Waals surface area contributed by atoms with Crippen LogP contribution in [0.5, 0.6) is 0 Å². The van der Waals surface area contributed by atoms with Gasteiger partial charge in [-0.05, 0) is 38.6 Å². The van der Waals surface area contributed by atoms with Crippen molar-refractivity contribution in [2.75, 3.05) is 32.1 Å². The van der Waals surface area contributed by atoms with Crippen LogP contribution in [-0.2, 0) is 6.61 Å². The molecule has 2 rings (SSSR count). The Morgan fingerprint density at radius 1 is 1.50 bits per heavy atom. The van der Waals surface area contributed by atoms with Gasteiger partial charge in [-0.25, -0.2) is 0 Å². The Morgan fingerprint density at radius 2 is 2.25 bits per heavy atom. The van der Waals surface area contributed by atoms with Crippen molar-refractivity contribution in [1.29, 1.82) is 0 Å². The first-order valence-corrected chi connectivity index (χ1v) is 6.82. The van der Waals surface area contributed by atoms with Crippen molar-refractivity contribution in [3.8, 4) is 0 Å². The average molecular weight is 279 g/mol. The third-order valence-corrected chi connectivity index (χ3v) is 3.89. The Bertz CT molecular complexity index is 491. The SMILES string of the molecule is CN(C)C1CCCN(c2ccc(CO)cc2[N+](=O)[O-])C1. The van der Waals surface area contributed by atoms with Crippen LogP contribution in [0.2, 0.25) is 0 Å². The summed E-state index contributed by atoms with van der Waals surface area (Å²) >= 11 is 0. The second kappa shape index (κ2) is 6.19. The summed E-state index contributed by atoms with van der Waals surface area (Å²) in [7, 11) is 4.08. The van der Waals surface area contributed by atoms with E-state index in [9.17, 15) is 10.1 Å². The van der Waals surface area contributed by atoms with E-state index in [0.29, 0.717) is 17.3 Å². The van der Waals surface area contributed by atoms with Crippen LogP contribution in [0.15, 0.2) is 18.2 Å². The van der Waals surface area contributed by atoms with Crippen molar-refractivity contribution in [2.24, 2.45) is 0 Å². The Kier molecular flexibility index (Phi) is 4.57. The minimum atomic E-state index is -0.367. The summed E-state index contributed by atoms with van der Waals surface area (Å²) < 4.78 is 0. The zero-order valence-electron chi connectivity index (χ0n) is 12.0. The molecule has 1 heterocycles. The summed E-state index contributed by atoms with van der Waals surface area (Å²) in [6, 6.07) is 5.39. The van der Waals surface area contributed by atoms with Crippen LogP contribution in [0.1, 0.15) is 18.4 Å². The summed E-state index contributed by atoms with van der Waals surface area (Å²) in [5, 5.41) is 20.4. The van der Waals surface area contributed by atoms with Gasteiger partial charge in [0.15, 0.2) is 0 Å². The molecule has 6 nitrogen and oxygen atoms in total. The molecule has 110 valence electrons. The average Bonchev–Trinajstić information content (AvgIpc) is 2.46. The summed E-state index contributed by atoms with van der Waals surface area (Å²) in [6.45, 7) is 1.46. The van der Waals surface area contributed by atoms with Crippen LogP contribution in [0, 0.1) is 10.1 Å². The Hall–Kier alpha value is -1.66. The monoisotopic (exact) mass is 279 g/mol. The number of benzene rings is 1. The lowest BCUT2D eigenvalue weighted by atomic mass is 10.0. The van der Waals surface area contributed by atoms with E-state index in [-0.39, 0.29) is 17.2 Å². The lowest BCUT2D eigenvalue weighted by Gasteiger charge is -2.37. The smallest absolute Gasteiger partial charge is 0.292 e. The molecule has 0 spiro atoms. The third-order valence-electron chi connectivity index (χ3n) is 3.89. The Morgan fingerprint density at radius 3 is 2.85 bits per heavy atom. The van der Waals surface area contributed by atoms with Gasteiger partial charge in [-0.1, -0.05) is 6.07 Å². The number of hydrogen-bond donors (Lipinski definition) is 1. The van der Waals surface area contributed by atoms with E-state index in [1.807, 2.05) is 14.1 Å². The molecule has 1 aliphatic rings. The van der Waals surface area contributed by atoms with E-state index >= 15 is 0 Å². The second-order valence-corrected chi connectivity index (χ2v) is 5.44. The molecule has 20 heavy (non-hydrogen) atoms. The number of nitro benzene ring substituents is 1. The molecule has 1 saturated heterocycles. The molecule has 0 aliphatic carbocycles. The molecule has 1 atom stereocenters. The maximum absolute atomic E-state index is 11.2. The molecule has 0 radical (unpaired) electrons. The van der Waals surface area contributed by atoms with Crippen molar-refractivity contribution < 1.29 is 10.0 Å². The number of anilines is 1. The van der Waals surface area contributed by atoms with Crippen molar-refractivity contribution in [2.45, 2.75) is 25.5 Å². The predicted molar refractivity (Wildman–Crippen MR) is 77.9 cm³/mol. The fourth-order valence-corrected chi connectivity index (χ4v) is 2.68. The molecule has 1 fully saturated rings. The van der Waals surface area contributed by atoms with Gasteiger partial charge in [-0.2, -0.15) is 0 Å². The van der Waals surface area contributed by atoms with Crippen molar-refractivity contribution in [1.82, 2.24) is 4.90 Å². The first kappa shape index (κ1) is 14.7. The van der Waals surface area contributed by atoms with Crippen LogP contribution < -0.4 is 4.90 Å². The highest BCUT2D eigenvalue weighted by Crippen LogP contribution is 2.31. The molecule has 1 aliphatic heterocycles. The summed E-state index contributed by atoms with van der Waals surface area (Å²) in [5.74, 6) is 0. The number of hydrogen-bond acceptors (Lipinski definition) is 5. The highest BCUT2D eigenvalue weighted by molar-refractivity contribution is 5.64. The molecule has 1 aromatic carbocycles. The standard InChI is InChI=1S/C14H21N3O3/c1-15(2)12-4-3-7-16(9-12)13-6-5-11(10-18)8-14(13)17(19)20/h5-6,8,12,18H,3-4,7,9-10H2,1-2H3. The van der Waals surface area contributed by atoms with E-state index in [4.69, 9.17) is 5.11 Å². The fourth-order valence-electron chi connectivity index (χ4n) is 2.68. The summed E-state index contributed by atoms with van der Waals surface area (Å²) in [4.78, 5) is 15.1. The lowest BCUT2D eigenvalue weighted by Crippen LogP contribution is -2.45. The van der Waals surface area contributed by atoms with Crippen LogP contribution in [0.25, 0.3) is 0 Å². The number of aliphatic hydroxyl groups excluding tert-OH is 1. The third kappa shape index (κ3) is 3.08. The first-order chi connectivity index (χ1) is 9.52. The summed E-state index contributed by atoms with van der Waals surface area (Å²) in [5.41, 5.74) is 1.30. The van der Waals surface area contributed by atoms with Gasteiger partial charge in [0.05, 0.1) is 11.5 Å². The largest absolute Gasteiger partial charge is 0.392 e. The van der Waals surface area contributed by atoms with Gasteiger partial charge < -0.3 is 14.9 Å². The van der Waals surface area contributed by atoms with Crippen LogP contribution >= 0.6 is 0 Å². The van der Waals surface area contributed by atoms with E-state index in [0.717, 1.165) is 25.9 Å². The van der Waals surface area contributed by atoms with Gasteiger partial charge >= 0.3 is 0 Å². The number of nitro groups is 1. The molecule has 0 amide bonds. The zero-order chi connectivity index (χ0) is 14.7. The molecule has 6 heteroatoms. The van der Waals surface area contributed by atoms with Gasteiger partial charge in [0, 0.05) is 25.2 Å². The van der Waals surface area contributed by atoms with Gasteiger partial charge in [-0.3, -0.25) is 10.1 Å². The molecule has 0 bridgehead atoms. The molecule has 1 aromatic rings. The predicted octanol–water partition coefficient (Wildman–Crippen LogP) is 1.62. The van der Waals surface area contributed by atoms with Crippen LogP contribution in [0.3, 0.4) is 0 Å². The topological polar surface area (TPSA) is 69.8 Å². The minimum absolute atomic E-state index is 0.0796. The first-order valence-electron chi connectivity index (χ1n) is 6.82. The van der Waals surface area contributed by atoms with Crippen LogP contribution in [-0.4, -0.2) is 48.2 Å². The van der Waals surface area contributed by atoms with Gasteiger partial charge in [-0.15, -0.1) is 0 Å². The lowest BCUT2D eigenvalue weighted by molar-refractivity contribution is -0.384. The van der Waals surface area contributed by atoms with Gasteiger partial charge in [0.1, 0.15) is 5.69 Å².